The van der Waals surface area contributed by atoms with Crippen molar-refractivity contribution in [2.75, 3.05) is 26.4 Å². The number of ether oxygens (including phenoxy) is 1. The number of aliphatic hydroxyl groups excluding tert-OH is 1. The molecule has 1 aromatic carbocycles. The molecular formula is C12H16ClNO4S. The molecule has 1 aliphatic heterocycles. The molecule has 1 fully saturated rings. The lowest BCUT2D eigenvalue weighted by Gasteiger charge is -2.39. The van der Waals surface area contributed by atoms with E-state index in [9.17, 15) is 13.5 Å². The summed E-state index contributed by atoms with van der Waals surface area (Å²) in [6.45, 7) is 2.57. The molecule has 2 N–H and O–H groups in total. The van der Waals surface area contributed by atoms with Gasteiger partial charge in [0.15, 0.2) is 0 Å². The van der Waals surface area contributed by atoms with Crippen LogP contribution in [0.25, 0.3) is 0 Å². The zero-order valence-corrected chi connectivity index (χ0v) is 12.1. The number of aliphatic hydroxyl groups is 1. The number of halogens is 1. The van der Waals surface area contributed by atoms with Gasteiger partial charge in [-0.25, -0.2) is 13.1 Å². The lowest BCUT2D eigenvalue weighted by molar-refractivity contribution is -0.132. The Balaban J connectivity index is 2.11. The summed E-state index contributed by atoms with van der Waals surface area (Å²) in [7, 11) is -3.62. The number of nitrogens with one attached hydrogen (secondary N) is 1. The van der Waals surface area contributed by atoms with Gasteiger partial charge in [0.1, 0.15) is 0 Å². The molecule has 0 amide bonds. The molecule has 0 unspecified atom stereocenters. The smallest absolute Gasteiger partial charge is 0.240 e. The monoisotopic (exact) mass is 305 g/mol. The molecule has 1 aromatic rings. The van der Waals surface area contributed by atoms with Crippen LogP contribution in [0.15, 0.2) is 23.1 Å². The number of aryl methyl sites for hydroxylation is 1. The fourth-order valence-corrected chi connectivity index (χ4v) is 3.14. The molecule has 0 saturated carbocycles. The maximum Gasteiger partial charge on any atom is 0.240 e. The molecule has 0 atom stereocenters. The fraction of sp³-hybridized carbons (Fsp3) is 0.500. The van der Waals surface area contributed by atoms with Crippen molar-refractivity contribution >= 4 is 21.6 Å². The Morgan fingerprint density at radius 2 is 2.16 bits per heavy atom. The topological polar surface area (TPSA) is 75.6 Å². The van der Waals surface area contributed by atoms with Crippen molar-refractivity contribution in [2.24, 2.45) is 5.41 Å². The Morgan fingerprint density at radius 1 is 1.47 bits per heavy atom. The molecule has 0 spiro atoms. The van der Waals surface area contributed by atoms with E-state index in [1.54, 1.807) is 13.0 Å². The van der Waals surface area contributed by atoms with E-state index in [0.717, 1.165) is 5.56 Å². The molecule has 1 aliphatic rings. The van der Waals surface area contributed by atoms with E-state index in [2.05, 4.69) is 4.72 Å². The van der Waals surface area contributed by atoms with Gasteiger partial charge in [0, 0.05) is 11.6 Å². The molecule has 19 heavy (non-hydrogen) atoms. The first-order valence-electron chi connectivity index (χ1n) is 5.83. The number of hydrogen-bond acceptors (Lipinski definition) is 4. The lowest BCUT2D eigenvalue weighted by Crippen LogP contribution is -2.53. The minimum atomic E-state index is -3.62. The van der Waals surface area contributed by atoms with Crippen molar-refractivity contribution in [1.29, 1.82) is 0 Å². The Bertz CT molecular complexity index is 564. The van der Waals surface area contributed by atoms with Crippen LogP contribution in [0.4, 0.5) is 0 Å². The van der Waals surface area contributed by atoms with Gasteiger partial charge >= 0.3 is 0 Å². The number of rotatable bonds is 5. The average Bonchev–Trinajstić information content (AvgIpc) is 2.31. The number of benzene rings is 1. The molecule has 0 aliphatic carbocycles. The van der Waals surface area contributed by atoms with Crippen LogP contribution in [-0.4, -0.2) is 39.9 Å². The Hall–Kier alpha value is -0.660. The molecule has 5 nitrogen and oxygen atoms in total. The van der Waals surface area contributed by atoms with Gasteiger partial charge < -0.3 is 9.84 Å². The predicted molar refractivity (Wildman–Crippen MR) is 71.7 cm³/mol. The van der Waals surface area contributed by atoms with Crippen LogP contribution in [0.1, 0.15) is 5.56 Å². The van der Waals surface area contributed by atoms with Gasteiger partial charge in [-0.1, -0.05) is 17.7 Å². The third-order valence-corrected chi connectivity index (χ3v) is 5.05. The highest BCUT2D eigenvalue weighted by Crippen LogP contribution is 2.26. The van der Waals surface area contributed by atoms with Crippen molar-refractivity contribution in [3.8, 4) is 0 Å². The summed E-state index contributed by atoms with van der Waals surface area (Å²) < 4.78 is 31.7. The summed E-state index contributed by atoms with van der Waals surface area (Å²) in [6, 6.07) is 4.58. The summed E-state index contributed by atoms with van der Waals surface area (Å²) in [5.74, 6) is 0. The van der Waals surface area contributed by atoms with Crippen molar-refractivity contribution in [3.63, 3.8) is 0 Å². The van der Waals surface area contributed by atoms with Gasteiger partial charge in [0.05, 0.1) is 30.1 Å². The van der Waals surface area contributed by atoms with E-state index in [0.29, 0.717) is 18.2 Å². The molecule has 0 aromatic heterocycles. The number of sulfonamides is 1. The van der Waals surface area contributed by atoms with Crippen molar-refractivity contribution in [1.82, 2.24) is 4.72 Å². The van der Waals surface area contributed by atoms with E-state index in [4.69, 9.17) is 16.3 Å². The van der Waals surface area contributed by atoms with Gasteiger partial charge in [-0.2, -0.15) is 0 Å². The highest BCUT2D eigenvalue weighted by molar-refractivity contribution is 7.89. The maximum absolute atomic E-state index is 12.1. The third kappa shape index (κ3) is 3.09. The zero-order chi connectivity index (χ0) is 14.1. The average molecular weight is 306 g/mol. The van der Waals surface area contributed by atoms with Gasteiger partial charge in [-0.15, -0.1) is 0 Å². The lowest BCUT2D eigenvalue weighted by atomic mass is 9.87. The van der Waals surface area contributed by atoms with Crippen LogP contribution < -0.4 is 4.72 Å². The van der Waals surface area contributed by atoms with Crippen LogP contribution >= 0.6 is 11.6 Å². The molecule has 1 heterocycles. The largest absolute Gasteiger partial charge is 0.396 e. The first-order valence-corrected chi connectivity index (χ1v) is 7.69. The van der Waals surface area contributed by atoms with Gasteiger partial charge in [0.25, 0.3) is 0 Å². The molecule has 106 valence electrons. The summed E-state index contributed by atoms with van der Waals surface area (Å²) >= 11 is 5.92. The van der Waals surface area contributed by atoms with Crippen LogP contribution in [0.3, 0.4) is 0 Å². The second kappa shape index (κ2) is 5.38. The van der Waals surface area contributed by atoms with Crippen LogP contribution in [-0.2, 0) is 14.8 Å². The molecule has 0 bridgehead atoms. The van der Waals surface area contributed by atoms with Crippen LogP contribution in [0.2, 0.25) is 5.02 Å². The highest BCUT2D eigenvalue weighted by atomic mass is 35.5. The fourth-order valence-electron chi connectivity index (χ4n) is 1.71. The Kier molecular flexibility index (Phi) is 4.17. The van der Waals surface area contributed by atoms with E-state index in [-0.39, 0.29) is 18.0 Å². The SMILES string of the molecule is Cc1ccc(S(=O)(=O)NCC2(CO)COC2)cc1Cl. The molecule has 1 saturated heterocycles. The minimum absolute atomic E-state index is 0.107. The maximum atomic E-state index is 12.1. The second-order valence-electron chi connectivity index (χ2n) is 4.89. The van der Waals surface area contributed by atoms with E-state index in [1.807, 2.05) is 0 Å². The summed E-state index contributed by atoms with van der Waals surface area (Å²) in [5, 5.41) is 9.66. The second-order valence-corrected chi connectivity index (χ2v) is 7.06. The van der Waals surface area contributed by atoms with Crippen LogP contribution in [0.5, 0.6) is 0 Å². The third-order valence-electron chi connectivity index (χ3n) is 3.24. The van der Waals surface area contributed by atoms with E-state index in [1.165, 1.54) is 12.1 Å². The first-order chi connectivity index (χ1) is 8.88. The summed E-state index contributed by atoms with van der Waals surface area (Å²) in [5.41, 5.74) is 0.321. The molecule has 7 heteroatoms. The number of hydrogen-bond donors (Lipinski definition) is 2. The molecule has 2 rings (SSSR count). The zero-order valence-electron chi connectivity index (χ0n) is 10.5. The van der Waals surface area contributed by atoms with Gasteiger partial charge in [0.2, 0.25) is 10.0 Å². The quantitative estimate of drug-likeness (QED) is 0.849. The van der Waals surface area contributed by atoms with E-state index < -0.39 is 15.4 Å². The van der Waals surface area contributed by atoms with Crippen LogP contribution in [0, 0.1) is 12.3 Å². The van der Waals surface area contributed by atoms with Crippen molar-refractivity contribution in [3.05, 3.63) is 28.8 Å². The van der Waals surface area contributed by atoms with Crippen molar-refractivity contribution in [2.45, 2.75) is 11.8 Å². The summed E-state index contributed by atoms with van der Waals surface area (Å²) in [4.78, 5) is 0.122. The normalized spacial score (nSPS) is 18.1. The summed E-state index contributed by atoms with van der Waals surface area (Å²) in [6.07, 6.45) is 0. The van der Waals surface area contributed by atoms with E-state index >= 15 is 0 Å². The first kappa shape index (κ1) is 14.7. The highest BCUT2D eigenvalue weighted by Gasteiger charge is 2.39. The standard InChI is InChI=1S/C12H16ClNO4S/c1-9-2-3-10(4-11(9)13)19(16,17)14-5-12(6-15)7-18-8-12/h2-4,14-15H,5-8H2,1H3. The Morgan fingerprint density at radius 3 is 2.63 bits per heavy atom. The minimum Gasteiger partial charge on any atom is -0.396 e. The molecule has 0 radical (unpaired) electrons. The van der Waals surface area contributed by atoms with Crippen molar-refractivity contribution < 1.29 is 18.3 Å². The van der Waals surface area contributed by atoms with Gasteiger partial charge in [-0.05, 0) is 24.6 Å². The van der Waals surface area contributed by atoms with Gasteiger partial charge in [-0.3, -0.25) is 0 Å². The molecular weight excluding hydrogens is 290 g/mol. The Labute approximate surface area is 117 Å². The predicted octanol–water partition coefficient (Wildman–Crippen LogP) is 0.936.